The quantitative estimate of drug-likeness (QED) is 0.163. The summed E-state index contributed by atoms with van der Waals surface area (Å²) in [5.41, 5.74) is 21.2. The summed E-state index contributed by atoms with van der Waals surface area (Å²) in [5.74, 6) is 0. The van der Waals surface area contributed by atoms with Gasteiger partial charge in [-0.25, -0.2) is 0 Å². The molecule has 4 aromatic heterocycles. The summed E-state index contributed by atoms with van der Waals surface area (Å²) in [7, 11) is 0. The van der Waals surface area contributed by atoms with Crippen molar-refractivity contribution < 1.29 is 0 Å². The van der Waals surface area contributed by atoms with E-state index in [1.165, 1.54) is 132 Å². The van der Waals surface area contributed by atoms with Gasteiger partial charge in [0.1, 0.15) is 0 Å². The zero-order chi connectivity index (χ0) is 48.7. The van der Waals surface area contributed by atoms with Crippen molar-refractivity contribution in [3.05, 3.63) is 143 Å². The van der Waals surface area contributed by atoms with Crippen LogP contribution in [0.15, 0.2) is 109 Å². The van der Waals surface area contributed by atoms with Crippen LogP contribution in [-0.4, -0.2) is 8.80 Å². The third-order valence-electron chi connectivity index (χ3n) is 15.7. The smallest absolute Gasteiger partial charge is 0.0634 e. The van der Waals surface area contributed by atoms with Gasteiger partial charge in [-0.3, -0.25) is 0 Å². The number of nitrogens with zero attached hydrogens (tertiary/aromatic N) is 2. The summed E-state index contributed by atoms with van der Waals surface area (Å²) in [6, 6.07) is 44.0. The SMILES string of the molecule is CC(C)(C)c1ccc(C(C)(C)C)c(-c2ccc3c(c2)c2c4c5ccc(C(C)(C)C)cc5n5c6ccc(-c7cc(C(C)(C)C)ccc7C(C)(C)C)cc6c(c6c7ccc(C(C)(C)C)cc7n3c26)c45)c1. The van der Waals surface area contributed by atoms with Crippen LogP contribution >= 0.6 is 0 Å². The summed E-state index contributed by atoms with van der Waals surface area (Å²) in [6.07, 6.45) is 0. The largest absolute Gasteiger partial charge is 0.308 e. The van der Waals surface area contributed by atoms with Crippen molar-refractivity contribution in [3.63, 3.8) is 0 Å². The molecule has 7 aromatic carbocycles. The third-order valence-corrected chi connectivity index (χ3v) is 15.7. The molecule has 0 fully saturated rings. The maximum Gasteiger partial charge on any atom is 0.0634 e. The van der Waals surface area contributed by atoms with Gasteiger partial charge in [-0.1, -0.05) is 197 Å². The molecule has 0 aliphatic rings. The molecule has 0 aliphatic carbocycles. The first-order valence-electron chi connectivity index (χ1n) is 25.3. The second kappa shape index (κ2) is 13.9. The van der Waals surface area contributed by atoms with Crippen molar-refractivity contribution in [2.75, 3.05) is 0 Å². The Labute approximate surface area is 405 Å². The van der Waals surface area contributed by atoms with Crippen molar-refractivity contribution in [2.45, 2.75) is 157 Å². The second-order valence-electron chi connectivity index (χ2n) is 26.8. The average molecular weight is 893 g/mol. The third kappa shape index (κ3) is 6.48. The van der Waals surface area contributed by atoms with Crippen LogP contribution in [0.1, 0.15) is 158 Å². The van der Waals surface area contributed by atoms with E-state index in [4.69, 9.17) is 0 Å². The predicted molar refractivity (Wildman–Crippen MR) is 299 cm³/mol. The number of hydrogen-bond donors (Lipinski definition) is 0. The van der Waals surface area contributed by atoms with Gasteiger partial charge in [0, 0.05) is 43.1 Å². The highest BCUT2D eigenvalue weighted by Gasteiger charge is 2.32. The molecule has 2 heteroatoms. The van der Waals surface area contributed by atoms with E-state index in [0.717, 1.165) is 0 Å². The molecule has 0 atom stereocenters. The zero-order valence-electron chi connectivity index (χ0n) is 44.3. The molecule has 0 amide bonds. The van der Waals surface area contributed by atoms with Gasteiger partial charge in [-0.15, -0.1) is 0 Å². The number of rotatable bonds is 2. The van der Waals surface area contributed by atoms with E-state index in [1.807, 2.05) is 0 Å². The van der Waals surface area contributed by atoms with Gasteiger partial charge in [0.25, 0.3) is 0 Å². The molecule has 11 rings (SSSR count). The molecule has 0 radical (unpaired) electrons. The molecule has 68 heavy (non-hydrogen) atoms. The summed E-state index contributed by atoms with van der Waals surface area (Å²) in [5, 5.41) is 10.7. The summed E-state index contributed by atoms with van der Waals surface area (Å²) < 4.78 is 5.30. The van der Waals surface area contributed by atoms with Crippen LogP contribution in [0, 0.1) is 0 Å². The molecule has 0 unspecified atom stereocenters. The second-order valence-corrected chi connectivity index (χ2v) is 26.8. The highest BCUT2D eigenvalue weighted by atomic mass is 14.9. The van der Waals surface area contributed by atoms with Crippen LogP contribution < -0.4 is 0 Å². The van der Waals surface area contributed by atoms with Gasteiger partial charge in [-0.2, -0.15) is 0 Å². The fourth-order valence-electron chi connectivity index (χ4n) is 11.8. The number of fused-ring (bicyclic) bond motifs is 14. The average Bonchev–Trinajstić information content (AvgIpc) is 3.96. The number of hydrogen-bond acceptors (Lipinski definition) is 0. The van der Waals surface area contributed by atoms with Crippen LogP contribution in [0.4, 0.5) is 0 Å². The summed E-state index contributed by atoms with van der Waals surface area (Å²) in [6.45, 7) is 42.2. The van der Waals surface area contributed by atoms with Gasteiger partial charge in [0.05, 0.1) is 33.1 Å². The molecule has 0 bridgehead atoms. The van der Waals surface area contributed by atoms with E-state index in [1.54, 1.807) is 0 Å². The molecule has 0 saturated heterocycles. The lowest BCUT2D eigenvalue weighted by Crippen LogP contribution is -2.16. The Bertz CT molecular complexity index is 3610. The van der Waals surface area contributed by atoms with Gasteiger partial charge in [-0.05, 0) is 125 Å². The van der Waals surface area contributed by atoms with E-state index < -0.39 is 0 Å². The predicted octanol–water partition coefficient (Wildman–Crippen LogP) is 19.1. The standard InChI is InChI=1S/C66H72N2/c1-61(2,3)39-23-27-49(65(13,14)15)45(33-39)37-19-29-51-47(31-37)57-55-43-25-21-42(64(10,11)12)36-54(43)68-52-30-20-38(46-34-40(62(4,5)6)24-28-50(46)66(16,17)18)32-48(52)58(60(55)68)56-44-26-22-41(63(7,8)9)35-53(44)67(51)59(56)57/h19-36H,1-18H3. The lowest BCUT2D eigenvalue weighted by Gasteiger charge is -2.27. The Kier molecular flexibility index (Phi) is 9.12. The fraction of sp³-hybridized carbons (Fsp3) is 0.364. The Morgan fingerprint density at radius 1 is 0.265 bits per heavy atom. The van der Waals surface area contributed by atoms with Crippen molar-refractivity contribution >= 4 is 76.2 Å². The molecule has 2 nitrogen and oxygen atoms in total. The zero-order valence-corrected chi connectivity index (χ0v) is 44.3. The van der Waals surface area contributed by atoms with E-state index in [0.29, 0.717) is 0 Å². The highest BCUT2D eigenvalue weighted by molar-refractivity contribution is 6.45. The lowest BCUT2D eigenvalue weighted by atomic mass is 9.77. The summed E-state index contributed by atoms with van der Waals surface area (Å²) in [4.78, 5) is 0. The van der Waals surface area contributed by atoms with Gasteiger partial charge in [0.15, 0.2) is 0 Å². The van der Waals surface area contributed by atoms with Crippen LogP contribution in [0.25, 0.3) is 98.4 Å². The van der Waals surface area contributed by atoms with Crippen molar-refractivity contribution in [2.24, 2.45) is 0 Å². The molecular formula is C66H72N2. The van der Waals surface area contributed by atoms with Gasteiger partial charge >= 0.3 is 0 Å². The van der Waals surface area contributed by atoms with Crippen LogP contribution in [0.2, 0.25) is 0 Å². The minimum absolute atomic E-state index is 0.00657. The normalized spacial score (nSPS) is 14.0. The Balaban J connectivity index is 1.37. The molecule has 0 aliphatic heterocycles. The molecule has 0 N–H and O–H groups in total. The monoisotopic (exact) mass is 893 g/mol. The van der Waals surface area contributed by atoms with Crippen LogP contribution in [-0.2, 0) is 32.5 Å². The van der Waals surface area contributed by atoms with E-state index in [9.17, 15) is 0 Å². The van der Waals surface area contributed by atoms with Gasteiger partial charge < -0.3 is 8.80 Å². The molecule has 0 saturated carbocycles. The molecule has 0 spiro atoms. The van der Waals surface area contributed by atoms with Crippen LogP contribution in [0.5, 0.6) is 0 Å². The first-order chi connectivity index (χ1) is 31.5. The fourth-order valence-corrected chi connectivity index (χ4v) is 11.8. The maximum absolute atomic E-state index is 2.65. The Morgan fingerprint density at radius 2 is 0.574 bits per heavy atom. The topological polar surface area (TPSA) is 8.82 Å². The minimum atomic E-state index is -0.0267. The first kappa shape index (κ1) is 44.6. The maximum atomic E-state index is 2.65. The lowest BCUT2D eigenvalue weighted by molar-refractivity contribution is 0.578. The van der Waals surface area contributed by atoms with E-state index >= 15 is 0 Å². The Morgan fingerprint density at radius 3 is 0.897 bits per heavy atom. The summed E-state index contributed by atoms with van der Waals surface area (Å²) >= 11 is 0. The van der Waals surface area contributed by atoms with E-state index in [2.05, 4.69) is 243 Å². The van der Waals surface area contributed by atoms with E-state index in [-0.39, 0.29) is 32.5 Å². The molecular weight excluding hydrogens is 821 g/mol. The van der Waals surface area contributed by atoms with Gasteiger partial charge in [0.2, 0.25) is 0 Å². The minimum Gasteiger partial charge on any atom is -0.308 e. The van der Waals surface area contributed by atoms with Crippen LogP contribution in [0.3, 0.4) is 0 Å². The highest BCUT2D eigenvalue weighted by Crippen LogP contribution is 2.54. The Hall–Kier alpha value is -5.86. The first-order valence-corrected chi connectivity index (χ1v) is 25.3. The van der Waals surface area contributed by atoms with Crippen molar-refractivity contribution in [1.29, 1.82) is 0 Å². The van der Waals surface area contributed by atoms with Crippen molar-refractivity contribution in [3.8, 4) is 22.3 Å². The number of aromatic nitrogens is 2. The number of benzene rings is 7. The van der Waals surface area contributed by atoms with Crippen molar-refractivity contribution in [1.82, 2.24) is 8.80 Å². The molecule has 4 heterocycles. The molecule has 346 valence electrons. The molecule has 11 aromatic rings.